The molecule has 2 nitrogen and oxygen atoms in total. The van der Waals surface area contributed by atoms with Crippen LogP contribution in [0.25, 0.3) is 55.1 Å². The molecule has 0 aliphatic heterocycles. The summed E-state index contributed by atoms with van der Waals surface area (Å²) >= 11 is 0. The first-order chi connectivity index (χ1) is 16.9. The van der Waals surface area contributed by atoms with Gasteiger partial charge in [0.2, 0.25) is 0 Å². The lowest BCUT2D eigenvalue weighted by Crippen LogP contribution is -2.10. The zero-order chi connectivity index (χ0) is 24.2. The second kappa shape index (κ2) is 8.09. The minimum Gasteiger partial charge on any atom is -0.455 e. The lowest BCUT2D eigenvalue weighted by Gasteiger charge is -2.20. The van der Waals surface area contributed by atoms with Crippen LogP contribution in [0.3, 0.4) is 0 Å². The van der Waals surface area contributed by atoms with Crippen LogP contribution < -0.4 is 0 Å². The van der Waals surface area contributed by atoms with E-state index >= 15 is 0 Å². The van der Waals surface area contributed by atoms with Crippen LogP contribution in [0, 0.1) is 12.3 Å². The van der Waals surface area contributed by atoms with E-state index in [-0.39, 0.29) is 5.41 Å². The van der Waals surface area contributed by atoms with Gasteiger partial charge in [-0.3, -0.25) is 4.98 Å². The highest BCUT2D eigenvalue weighted by molar-refractivity contribution is 6.14. The third-order valence-corrected chi connectivity index (χ3v) is 6.82. The Morgan fingerprint density at radius 2 is 1.29 bits per heavy atom. The van der Waals surface area contributed by atoms with Gasteiger partial charge in [-0.05, 0) is 58.4 Å². The summed E-state index contributed by atoms with van der Waals surface area (Å²) in [5, 5.41) is 4.72. The second-order valence-corrected chi connectivity index (χ2v) is 10.7. The Hall–Kier alpha value is -3.91. The topological polar surface area (TPSA) is 26.0 Å². The monoisotopic (exact) mass is 455 g/mol. The van der Waals surface area contributed by atoms with Crippen LogP contribution in [0.2, 0.25) is 0 Å². The van der Waals surface area contributed by atoms with E-state index in [0.717, 1.165) is 45.2 Å². The Balaban J connectivity index is 1.58. The lowest BCUT2D eigenvalue weighted by molar-refractivity contribution is 0.410. The van der Waals surface area contributed by atoms with E-state index in [9.17, 15) is 0 Å². The number of hydrogen-bond donors (Lipinski definition) is 0. The number of hydrogen-bond acceptors (Lipinski definition) is 2. The van der Waals surface area contributed by atoms with Crippen LogP contribution in [-0.4, -0.2) is 4.98 Å². The number of aromatic nitrogens is 1. The first-order valence-corrected chi connectivity index (χ1v) is 12.3. The van der Waals surface area contributed by atoms with Crippen molar-refractivity contribution in [2.24, 2.45) is 5.41 Å². The van der Waals surface area contributed by atoms with E-state index in [1.807, 2.05) is 6.20 Å². The van der Waals surface area contributed by atoms with Gasteiger partial charge in [-0.2, -0.15) is 0 Å². The standard InChI is InChI=1S/C33H29NO/c1-21-20-34-30(18-23(21)19-33(2,3)4)29-17-9-16-28-27-15-8-14-26(31(27)35-32(28)29)25-13-7-11-22-10-5-6-12-24(22)25/h5-18,20H,19H2,1-4H3. The zero-order valence-electron chi connectivity index (χ0n) is 20.7. The molecule has 0 saturated heterocycles. The molecular formula is C33H29NO. The first kappa shape index (κ1) is 21.6. The minimum absolute atomic E-state index is 0.210. The Morgan fingerprint density at radius 3 is 2.06 bits per heavy atom. The number of nitrogens with zero attached hydrogens (tertiary/aromatic N) is 1. The molecule has 0 amide bonds. The van der Waals surface area contributed by atoms with Gasteiger partial charge in [0.1, 0.15) is 11.2 Å². The molecule has 0 fully saturated rings. The van der Waals surface area contributed by atoms with E-state index in [4.69, 9.17) is 9.40 Å². The van der Waals surface area contributed by atoms with Crippen LogP contribution in [0.1, 0.15) is 31.9 Å². The number of benzene rings is 4. The van der Waals surface area contributed by atoms with Crippen LogP contribution in [0.5, 0.6) is 0 Å². The second-order valence-electron chi connectivity index (χ2n) is 10.7. The van der Waals surface area contributed by atoms with Crippen LogP contribution >= 0.6 is 0 Å². The van der Waals surface area contributed by atoms with E-state index in [2.05, 4.69) is 113 Å². The maximum absolute atomic E-state index is 6.70. The molecule has 2 heterocycles. The van der Waals surface area contributed by atoms with Gasteiger partial charge in [0.15, 0.2) is 0 Å². The van der Waals surface area contributed by atoms with Crippen molar-refractivity contribution in [3.05, 3.63) is 102 Å². The highest BCUT2D eigenvalue weighted by Crippen LogP contribution is 2.41. The molecule has 0 unspecified atom stereocenters. The Morgan fingerprint density at radius 1 is 0.686 bits per heavy atom. The summed E-state index contributed by atoms with van der Waals surface area (Å²) in [6.45, 7) is 8.99. The third-order valence-electron chi connectivity index (χ3n) is 6.82. The van der Waals surface area contributed by atoms with Gasteiger partial charge in [0, 0.05) is 28.1 Å². The average molecular weight is 456 g/mol. The summed E-state index contributed by atoms with van der Waals surface area (Å²) < 4.78 is 6.70. The van der Waals surface area contributed by atoms with Crippen molar-refractivity contribution in [2.75, 3.05) is 0 Å². The highest BCUT2D eigenvalue weighted by Gasteiger charge is 2.19. The fraction of sp³-hybridized carbons (Fsp3) is 0.182. The summed E-state index contributed by atoms with van der Waals surface area (Å²) in [6.07, 6.45) is 3.01. The molecule has 0 bridgehead atoms. The van der Waals surface area contributed by atoms with Crippen LogP contribution in [0.15, 0.2) is 95.5 Å². The normalized spacial score (nSPS) is 12.1. The SMILES string of the molecule is Cc1cnc(-c2cccc3c2oc2c(-c4cccc5ccccc45)cccc23)cc1CC(C)(C)C. The molecule has 35 heavy (non-hydrogen) atoms. The van der Waals surface area contributed by atoms with Crippen molar-refractivity contribution in [3.8, 4) is 22.4 Å². The summed E-state index contributed by atoms with van der Waals surface area (Å²) in [5.74, 6) is 0. The lowest BCUT2D eigenvalue weighted by atomic mass is 9.86. The number of furan rings is 1. The average Bonchev–Trinajstić information content (AvgIpc) is 3.23. The fourth-order valence-electron chi connectivity index (χ4n) is 5.17. The number of aryl methyl sites for hydroxylation is 1. The van der Waals surface area contributed by atoms with Crippen LogP contribution in [-0.2, 0) is 6.42 Å². The van der Waals surface area contributed by atoms with Crippen molar-refractivity contribution < 1.29 is 4.42 Å². The molecule has 172 valence electrons. The van der Waals surface area contributed by atoms with Gasteiger partial charge < -0.3 is 4.42 Å². The molecule has 0 aliphatic rings. The van der Waals surface area contributed by atoms with Gasteiger partial charge in [0.05, 0.1) is 5.69 Å². The van der Waals surface area contributed by atoms with E-state index in [1.165, 1.54) is 27.5 Å². The quantitative estimate of drug-likeness (QED) is 0.266. The van der Waals surface area contributed by atoms with Crippen molar-refractivity contribution in [3.63, 3.8) is 0 Å². The first-order valence-electron chi connectivity index (χ1n) is 12.3. The predicted octanol–water partition coefficient (Wildman–Crippen LogP) is 9.37. The summed E-state index contributed by atoms with van der Waals surface area (Å²) in [6, 6.07) is 30.1. The third kappa shape index (κ3) is 3.80. The van der Waals surface area contributed by atoms with Gasteiger partial charge in [-0.25, -0.2) is 0 Å². The maximum atomic E-state index is 6.70. The minimum atomic E-state index is 0.210. The maximum Gasteiger partial charge on any atom is 0.144 e. The van der Waals surface area contributed by atoms with Crippen LogP contribution in [0.4, 0.5) is 0 Å². The predicted molar refractivity (Wildman–Crippen MR) is 148 cm³/mol. The molecular weight excluding hydrogens is 426 g/mol. The molecule has 6 aromatic rings. The molecule has 2 aromatic heterocycles. The molecule has 4 aromatic carbocycles. The summed E-state index contributed by atoms with van der Waals surface area (Å²) in [4.78, 5) is 4.82. The molecule has 0 N–H and O–H groups in total. The largest absolute Gasteiger partial charge is 0.455 e. The molecule has 0 atom stereocenters. The summed E-state index contributed by atoms with van der Waals surface area (Å²) in [5.41, 5.74) is 8.92. The summed E-state index contributed by atoms with van der Waals surface area (Å²) in [7, 11) is 0. The number of rotatable bonds is 3. The fourth-order valence-corrected chi connectivity index (χ4v) is 5.17. The van der Waals surface area contributed by atoms with Crippen molar-refractivity contribution in [1.29, 1.82) is 0 Å². The molecule has 6 rings (SSSR count). The number of para-hydroxylation sites is 2. The van der Waals surface area contributed by atoms with Gasteiger partial charge >= 0.3 is 0 Å². The Bertz CT molecular complexity index is 1710. The molecule has 0 spiro atoms. The molecule has 0 radical (unpaired) electrons. The molecule has 0 saturated carbocycles. The highest BCUT2D eigenvalue weighted by atomic mass is 16.3. The number of fused-ring (bicyclic) bond motifs is 4. The van der Waals surface area contributed by atoms with Gasteiger partial charge in [0.25, 0.3) is 0 Å². The van der Waals surface area contributed by atoms with Crippen molar-refractivity contribution in [2.45, 2.75) is 34.1 Å². The Labute approximate surface area is 206 Å². The Kier molecular flexibility index (Phi) is 5.00. The molecule has 0 aliphatic carbocycles. The smallest absolute Gasteiger partial charge is 0.144 e. The van der Waals surface area contributed by atoms with Gasteiger partial charge in [-0.15, -0.1) is 0 Å². The van der Waals surface area contributed by atoms with Crippen molar-refractivity contribution in [1.82, 2.24) is 4.98 Å². The van der Waals surface area contributed by atoms with E-state index in [1.54, 1.807) is 0 Å². The zero-order valence-corrected chi connectivity index (χ0v) is 20.7. The van der Waals surface area contributed by atoms with Crippen molar-refractivity contribution >= 4 is 32.7 Å². The number of pyridine rings is 1. The molecule has 2 heteroatoms. The van der Waals surface area contributed by atoms with Gasteiger partial charge in [-0.1, -0.05) is 93.6 Å². The van der Waals surface area contributed by atoms with E-state index in [0.29, 0.717) is 0 Å². The van der Waals surface area contributed by atoms with E-state index < -0.39 is 0 Å².